The normalized spacial score (nSPS) is 14.1. The quantitative estimate of drug-likeness (QED) is 0.395. The van der Waals surface area contributed by atoms with Gasteiger partial charge in [0.05, 0.1) is 0 Å². The predicted octanol–water partition coefficient (Wildman–Crippen LogP) is 0.989. The van der Waals surface area contributed by atoms with Gasteiger partial charge in [-0.2, -0.15) is 0 Å². The zero-order valence-electron chi connectivity index (χ0n) is 9.89. The van der Waals surface area contributed by atoms with Crippen LogP contribution in [0.2, 0.25) is 0 Å². The van der Waals surface area contributed by atoms with Crippen LogP contribution in [0.1, 0.15) is 45.4 Å². The molecular formula is C11H17NO5. The third-order valence-electron chi connectivity index (χ3n) is 2.08. The summed E-state index contributed by atoms with van der Waals surface area (Å²) >= 11 is 0. The Morgan fingerprint density at radius 3 is 2.18 bits per heavy atom. The Balaban J connectivity index is 0.000000325. The van der Waals surface area contributed by atoms with Gasteiger partial charge in [0.25, 0.3) is 11.8 Å². The van der Waals surface area contributed by atoms with Crippen LogP contribution in [0.4, 0.5) is 0 Å². The fourth-order valence-corrected chi connectivity index (χ4v) is 1.19. The van der Waals surface area contributed by atoms with Crippen molar-refractivity contribution in [2.45, 2.75) is 45.4 Å². The van der Waals surface area contributed by atoms with E-state index in [0.717, 1.165) is 19.1 Å². The molecule has 2 amide bonds. The van der Waals surface area contributed by atoms with E-state index in [1.807, 2.05) is 0 Å². The van der Waals surface area contributed by atoms with E-state index in [2.05, 4.69) is 11.8 Å². The molecule has 96 valence electrons. The number of aldehydes is 1. The smallest absolute Gasteiger partial charge is 0.321 e. The van der Waals surface area contributed by atoms with Crippen LogP contribution in [-0.4, -0.2) is 29.6 Å². The lowest BCUT2D eigenvalue weighted by Crippen LogP contribution is -2.28. The molecule has 1 heterocycles. The van der Waals surface area contributed by atoms with Crippen molar-refractivity contribution in [1.29, 1.82) is 0 Å². The summed E-state index contributed by atoms with van der Waals surface area (Å²) in [5.74, 6) is -0.922. The molecule has 0 radical (unpaired) electrons. The average Bonchev–Trinajstić information content (AvgIpc) is 2.63. The molecule has 1 fully saturated rings. The minimum absolute atomic E-state index is 0.0567. The highest BCUT2D eigenvalue weighted by molar-refractivity contribution is 6.01. The van der Waals surface area contributed by atoms with E-state index in [0.29, 0.717) is 5.06 Å². The fraction of sp³-hybridized carbons (Fsp3) is 0.636. The van der Waals surface area contributed by atoms with Crippen molar-refractivity contribution in [2.24, 2.45) is 0 Å². The van der Waals surface area contributed by atoms with Gasteiger partial charge in [0.2, 0.25) is 0 Å². The number of hydrogen-bond acceptors (Lipinski definition) is 5. The third kappa shape index (κ3) is 6.44. The number of amides is 2. The van der Waals surface area contributed by atoms with Crippen LogP contribution in [0.5, 0.6) is 0 Å². The van der Waals surface area contributed by atoms with Crippen LogP contribution in [0.15, 0.2) is 0 Å². The van der Waals surface area contributed by atoms with E-state index in [9.17, 15) is 19.2 Å². The number of carbonyl (C=O) groups is 4. The van der Waals surface area contributed by atoms with Gasteiger partial charge in [-0.15, -0.1) is 5.06 Å². The lowest BCUT2D eigenvalue weighted by molar-refractivity contribution is -0.188. The Labute approximate surface area is 99.9 Å². The highest BCUT2D eigenvalue weighted by Crippen LogP contribution is 2.10. The van der Waals surface area contributed by atoms with E-state index < -0.39 is 11.8 Å². The molecule has 0 saturated carbocycles. The lowest BCUT2D eigenvalue weighted by Gasteiger charge is -2.06. The highest BCUT2D eigenvalue weighted by atomic mass is 16.7. The first-order chi connectivity index (χ1) is 8.17. The molecule has 1 saturated heterocycles. The number of rotatable bonds is 6. The van der Waals surface area contributed by atoms with Crippen molar-refractivity contribution < 1.29 is 24.0 Å². The second-order valence-corrected chi connectivity index (χ2v) is 3.45. The highest BCUT2D eigenvalue weighted by Gasteiger charge is 2.30. The minimum atomic E-state index is -0.461. The number of unbranched alkanes of at least 4 members (excludes halogenated alkanes) is 3. The van der Waals surface area contributed by atoms with Crippen LogP contribution in [-0.2, 0) is 24.0 Å². The van der Waals surface area contributed by atoms with Crippen molar-refractivity contribution >= 4 is 24.6 Å². The summed E-state index contributed by atoms with van der Waals surface area (Å²) in [7, 11) is 0. The Kier molecular flexibility index (Phi) is 8.54. The summed E-state index contributed by atoms with van der Waals surface area (Å²) < 4.78 is 0. The van der Waals surface area contributed by atoms with Gasteiger partial charge in [0, 0.05) is 19.3 Å². The van der Waals surface area contributed by atoms with E-state index in [4.69, 9.17) is 0 Å². The summed E-state index contributed by atoms with van der Waals surface area (Å²) in [5.41, 5.74) is 0. The van der Waals surface area contributed by atoms with Crippen LogP contribution >= 0.6 is 0 Å². The van der Waals surface area contributed by atoms with Crippen molar-refractivity contribution in [3.8, 4) is 0 Å². The predicted molar refractivity (Wildman–Crippen MR) is 58.4 cm³/mol. The first-order valence-corrected chi connectivity index (χ1v) is 5.57. The Morgan fingerprint density at radius 1 is 1.18 bits per heavy atom. The SMILES string of the molecule is CCCCCC=O.O=CON1C(=O)CCC1=O. The summed E-state index contributed by atoms with van der Waals surface area (Å²) in [6.07, 6.45) is 5.45. The molecule has 0 aliphatic carbocycles. The number of hydrogen-bond donors (Lipinski definition) is 0. The minimum Gasteiger partial charge on any atom is -0.334 e. The number of imide groups is 1. The second kappa shape index (κ2) is 9.50. The van der Waals surface area contributed by atoms with E-state index >= 15 is 0 Å². The molecule has 1 aliphatic rings. The van der Waals surface area contributed by atoms with Crippen molar-refractivity contribution in [3.05, 3.63) is 0 Å². The molecule has 0 unspecified atom stereocenters. The Hall–Kier alpha value is -1.72. The van der Waals surface area contributed by atoms with Crippen molar-refractivity contribution in [3.63, 3.8) is 0 Å². The fourth-order valence-electron chi connectivity index (χ4n) is 1.19. The van der Waals surface area contributed by atoms with Gasteiger partial charge >= 0.3 is 6.47 Å². The third-order valence-corrected chi connectivity index (χ3v) is 2.08. The maximum Gasteiger partial charge on any atom is 0.321 e. The standard InChI is InChI=1S/C6H12O.C5H5NO4/c1-2-3-4-5-6-7;7-3-10-6-4(8)1-2-5(6)9/h6H,2-5H2,1H3;3H,1-2H2. The maximum absolute atomic E-state index is 10.6. The monoisotopic (exact) mass is 243 g/mol. The van der Waals surface area contributed by atoms with Crippen LogP contribution in [0, 0.1) is 0 Å². The molecule has 0 bridgehead atoms. The molecule has 0 spiro atoms. The lowest BCUT2D eigenvalue weighted by atomic mass is 10.2. The van der Waals surface area contributed by atoms with Gasteiger partial charge in [-0.25, -0.2) is 0 Å². The summed E-state index contributed by atoms with van der Waals surface area (Å²) in [6, 6.07) is 0. The average molecular weight is 243 g/mol. The Morgan fingerprint density at radius 2 is 1.76 bits per heavy atom. The molecule has 0 N–H and O–H groups in total. The first kappa shape index (κ1) is 15.3. The van der Waals surface area contributed by atoms with Crippen LogP contribution in [0.3, 0.4) is 0 Å². The molecule has 1 aliphatic heterocycles. The van der Waals surface area contributed by atoms with E-state index in [-0.39, 0.29) is 19.3 Å². The number of carbonyl (C=O) groups excluding carboxylic acids is 4. The zero-order valence-corrected chi connectivity index (χ0v) is 9.89. The molecule has 0 aromatic carbocycles. The van der Waals surface area contributed by atoms with E-state index in [1.54, 1.807) is 0 Å². The molecule has 6 nitrogen and oxygen atoms in total. The summed E-state index contributed by atoms with van der Waals surface area (Å²) in [6.45, 7) is 2.19. The molecule has 1 rings (SSSR count). The van der Waals surface area contributed by atoms with Gasteiger partial charge in [-0.3, -0.25) is 14.4 Å². The Bertz CT molecular complexity index is 261. The molecule has 0 aromatic heterocycles. The van der Waals surface area contributed by atoms with Crippen molar-refractivity contribution in [2.75, 3.05) is 0 Å². The first-order valence-electron chi connectivity index (χ1n) is 5.57. The van der Waals surface area contributed by atoms with Crippen LogP contribution in [0.25, 0.3) is 0 Å². The molecule has 6 heteroatoms. The molecular weight excluding hydrogens is 226 g/mol. The van der Waals surface area contributed by atoms with E-state index in [1.165, 1.54) is 12.8 Å². The van der Waals surface area contributed by atoms with Gasteiger partial charge < -0.3 is 9.63 Å². The molecule has 0 aromatic rings. The topological polar surface area (TPSA) is 80.8 Å². The molecule has 17 heavy (non-hydrogen) atoms. The van der Waals surface area contributed by atoms with Crippen LogP contribution < -0.4 is 0 Å². The maximum atomic E-state index is 10.6. The zero-order chi connectivity index (χ0) is 13.1. The van der Waals surface area contributed by atoms with Gasteiger partial charge in [0.1, 0.15) is 6.29 Å². The van der Waals surface area contributed by atoms with Gasteiger partial charge in [-0.05, 0) is 6.42 Å². The number of hydroxylamine groups is 2. The molecule has 0 atom stereocenters. The van der Waals surface area contributed by atoms with Gasteiger partial charge in [0.15, 0.2) is 0 Å². The second-order valence-electron chi connectivity index (χ2n) is 3.45. The number of nitrogens with zero attached hydrogens (tertiary/aromatic N) is 1. The van der Waals surface area contributed by atoms with Crippen molar-refractivity contribution in [1.82, 2.24) is 5.06 Å². The summed E-state index contributed by atoms with van der Waals surface area (Å²) in [4.78, 5) is 44.6. The van der Waals surface area contributed by atoms with Gasteiger partial charge in [-0.1, -0.05) is 19.8 Å². The largest absolute Gasteiger partial charge is 0.334 e. The summed E-state index contributed by atoms with van der Waals surface area (Å²) in [5, 5.41) is 0.479.